The van der Waals surface area contributed by atoms with Gasteiger partial charge in [0.15, 0.2) is 0 Å². The molecule has 27 heavy (non-hydrogen) atoms. The second-order valence-electron chi connectivity index (χ2n) is 7.30. The van der Waals surface area contributed by atoms with Gasteiger partial charge in [0, 0.05) is 36.4 Å². The minimum atomic E-state index is -1.30. The van der Waals surface area contributed by atoms with Crippen LogP contribution in [0.15, 0.2) is 47.4 Å². The Kier molecular flexibility index (Phi) is 4.84. The van der Waals surface area contributed by atoms with Gasteiger partial charge in [-0.2, -0.15) is 0 Å². The molecule has 2 aliphatic rings. The summed E-state index contributed by atoms with van der Waals surface area (Å²) in [5.41, 5.74) is 1.56. The summed E-state index contributed by atoms with van der Waals surface area (Å²) in [6, 6.07) is 11.2. The summed E-state index contributed by atoms with van der Waals surface area (Å²) in [5, 5.41) is 2.75. The van der Waals surface area contributed by atoms with E-state index in [1.807, 2.05) is 4.31 Å². The fourth-order valence-electron chi connectivity index (χ4n) is 3.54. The summed E-state index contributed by atoms with van der Waals surface area (Å²) in [6.45, 7) is 4.67. The molecule has 4 rings (SSSR count). The molecule has 0 bridgehead atoms. The molecule has 0 aromatic heterocycles. The molecule has 2 heterocycles. The summed E-state index contributed by atoms with van der Waals surface area (Å²) in [5.74, 6) is -0.630. The van der Waals surface area contributed by atoms with Gasteiger partial charge >= 0.3 is 0 Å². The third kappa shape index (κ3) is 3.67. The maximum absolute atomic E-state index is 13.4. The molecule has 0 radical (unpaired) electrons. The number of rotatable bonds is 4. The predicted octanol–water partition coefficient (Wildman–Crippen LogP) is 3.13. The number of ether oxygens (including phenoxy) is 1. The maximum Gasteiger partial charge on any atom is 0.255 e. The fourth-order valence-corrected chi connectivity index (χ4v) is 5.04. The van der Waals surface area contributed by atoms with Crippen molar-refractivity contribution in [2.45, 2.75) is 18.2 Å². The molecule has 2 fully saturated rings. The Balaban J connectivity index is 1.44. The molecule has 1 atom stereocenters. The Labute approximate surface area is 160 Å². The van der Waals surface area contributed by atoms with Crippen molar-refractivity contribution in [3.8, 4) is 0 Å². The summed E-state index contributed by atoms with van der Waals surface area (Å²) in [6.07, 6.45) is 1.01. The summed E-state index contributed by atoms with van der Waals surface area (Å²) in [7, 11) is -1.30. The molecule has 7 heteroatoms. The normalized spacial score (nSPS) is 19.6. The Morgan fingerprint density at radius 3 is 2.78 bits per heavy atom. The zero-order chi connectivity index (χ0) is 19.0. The topological polar surface area (TPSA) is 58.6 Å². The van der Waals surface area contributed by atoms with Crippen LogP contribution in [-0.2, 0) is 15.7 Å². The van der Waals surface area contributed by atoms with Crippen molar-refractivity contribution in [3.05, 3.63) is 59.4 Å². The first-order chi connectivity index (χ1) is 13.0. The highest BCUT2D eigenvalue weighted by molar-refractivity contribution is 7.82. The Morgan fingerprint density at radius 2 is 2.07 bits per heavy atom. The molecule has 142 valence electrons. The molecular formula is C20H21FN2O3S. The highest BCUT2D eigenvalue weighted by Crippen LogP contribution is 2.40. The lowest BCUT2D eigenvalue weighted by atomic mass is 9.81. The molecule has 1 amide bonds. The minimum absolute atomic E-state index is 0.158. The van der Waals surface area contributed by atoms with Crippen LogP contribution in [0.5, 0.6) is 0 Å². The molecule has 2 aliphatic heterocycles. The number of carbonyl (C=O) groups excluding carboxylic acids is 1. The van der Waals surface area contributed by atoms with Crippen LogP contribution in [0.2, 0.25) is 0 Å². The van der Waals surface area contributed by atoms with E-state index >= 15 is 0 Å². The van der Waals surface area contributed by atoms with Crippen LogP contribution < -0.4 is 5.32 Å². The molecule has 2 aromatic rings. The molecule has 1 spiro atoms. The number of hydrogen-bond donors (Lipinski definition) is 1. The van der Waals surface area contributed by atoms with Crippen molar-refractivity contribution in [3.63, 3.8) is 0 Å². The molecule has 0 aliphatic carbocycles. The fraction of sp³-hybridized carbons (Fsp3) is 0.350. The van der Waals surface area contributed by atoms with E-state index in [0.717, 1.165) is 32.7 Å². The lowest BCUT2D eigenvalue weighted by molar-refractivity contribution is 0.0548. The van der Waals surface area contributed by atoms with Gasteiger partial charge < -0.3 is 10.1 Å². The largest absolute Gasteiger partial charge is 0.381 e. The van der Waals surface area contributed by atoms with Crippen molar-refractivity contribution < 1.29 is 18.1 Å². The third-order valence-corrected chi connectivity index (χ3v) is 6.54. The number of benzene rings is 2. The van der Waals surface area contributed by atoms with Crippen LogP contribution in [-0.4, -0.2) is 40.7 Å². The highest BCUT2D eigenvalue weighted by atomic mass is 32.2. The van der Waals surface area contributed by atoms with Gasteiger partial charge in [-0.1, -0.05) is 6.07 Å². The van der Waals surface area contributed by atoms with Crippen molar-refractivity contribution in [1.82, 2.24) is 4.31 Å². The zero-order valence-electron chi connectivity index (χ0n) is 15.0. The quantitative estimate of drug-likeness (QED) is 0.876. The van der Waals surface area contributed by atoms with Crippen molar-refractivity contribution >= 4 is 22.6 Å². The number of nitrogens with one attached hydrogen (secondary N) is 1. The van der Waals surface area contributed by atoms with Crippen molar-refractivity contribution in [1.29, 1.82) is 0 Å². The van der Waals surface area contributed by atoms with E-state index in [0.29, 0.717) is 21.7 Å². The number of amides is 1. The monoisotopic (exact) mass is 388 g/mol. The highest BCUT2D eigenvalue weighted by Gasteiger charge is 2.48. The smallest absolute Gasteiger partial charge is 0.255 e. The average molecular weight is 388 g/mol. The van der Waals surface area contributed by atoms with Crippen LogP contribution in [0.1, 0.15) is 22.3 Å². The van der Waals surface area contributed by atoms with Gasteiger partial charge in [0.25, 0.3) is 5.91 Å². The summed E-state index contributed by atoms with van der Waals surface area (Å²) in [4.78, 5) is 13.1. The van der Waals surface area contributed by atoms with Crippen LogP contribution >= 0.6 is 0 Å². The predicted molar refractivity (Wildman–Crippen MR) is 101 cm³/mol. The summed E-state index contributed by atoms with van der Waals surface area (Å²) >= 11 is 0. The third-order valence-electron chi connectivity index (χ3n) is 5.16. The lowest BCUT2D eigenvalue weighted by Crippen LogP contribution is -2.56. The van der Waals surface area contributed by atoms with Crippen LogP contribution in [0, 0.1) is 18.2 Å². The van der Waals surface area contributed by atoms with Crippen molar-refractivity contribution in [2.24, 2.45) is 5.41 Å². The molecule has 2 saturated heterocycles. The molecule has 2 aromatic carbocycles. The minimum Gasteiger partial charge on any atom is -0.381 e. The maximum atomic E-state index is 13.4. The van der Waals surface area contributed by atoms with E-state index in [-0.39, 0.29) is 17.1 Å². The zero-order valence-corrected chi connectivity index (χ0v) is 15.9. The van der Waals surface area contributed by atoms with Gasteiger partial charge in [-0.3, -0.25) is 4.79 Å². The number of aryl methyl sites for hydroxylation is 1. The van der Waals surface area contributed by atoms with Crippen LogP contribution in [0.3, 0.4) is 0 Å². The molecule has 0 saturated carbocycles. The SMILES string of the molecule is Cc1cc(NC(=O)c2cccc(S(=O)N3CC4(CCOC4)C3)c2)ccc1F. The first kappa shape index (κ1) is 18.3. The molecular weight excluding hydrogens is 367 g/mol. The van der Waals surface area contributed by atoms with Crippen LogP contribution in [0.4, 0.5) is 10.1 Å². The molecule has 5 nitrogen and oxygen atoms in total. The number of hydrogen-bond acceptors (Lipinski definition) is 3. The number of nitrogens with zero attached hydrogens (tertiary/aromatic N) is 1. The van der Waals surface area contributed by atoms with E-state index in [2.05, 4.69) is 5.32 Å². The van der Waals surface area contributed by atoms with Gasteiger partial charge in [-0.05, 0) is 55.3 Å². The van der Waals surface area contributed by atoms with Gasteiger partial charge in [-0.25, -0.2) is 12.9 Å². The molecule has 1 unspecified atom stereocenters. The van der Waals surface area contributed by atoms with Crippen LogP contribution in [0.25, 0.3) is 0 Å². The van der Waals surface area contributed by atoms with Gasteiger partial charge in [0.2, 0.25) is 0 Å². The second kappa shape index (κ2) is 7.14. The first-order valence-corrected chi connectivity index (χ1v) is 9.99. The van der Waals surface area contributed by atoms with E-state index in [4.69, 9.17) is 4.74 Å². The summed E-state index contributed by atoms with van der Waals surface area (Å²) < 4.78 is 33.5. The lowest BCUT2D eigenvalue weighted by Gasteiger charge is -2.45. The standard InChI is InChI=1S/C20H21FN2O3S/c1-14-9-16(5-6-18(14)21)22-19(24)15-3-2-4-17(10-15)27(25)23-11-20(12-23)7-8-26-13-20/h2-6,9-10H,7-8,11-13H2,1H3,(H,22,24). The number of carbonyl (C=O) groups is 1. The first-order valence-electron chi connectivity index (χ1n) is 8.88. The van der Waals surface area contributed by atoms with E-state index in [1.165, 1.54) is 12.1 Å². The number of halogens is 1. The van der Waals surface area contributed by atoms with E-state index < -0.39 is 11.0 Å². The Morgan fingerprint density at radius 1 is 1.26 bits per heavy atom. The Bertz CT molecular complexity index is 904. The average Bonchev–Trinajstić information content (AvgIpc) is 3.13. The van der Waals surface area contributed by atoms with E-state index in [1.54, 1.807) is 37.3 Å². The second-order valence-corrected chi connectivity index (χ2v) is 8.78. The van der Waals surface area contributed by atoms with E-state index in [9.17, 15) is 13.4 Å². The van der Waals surface area contributed by atoms with Gasteiger partial charge in [-0.15, -0.1) is 0 Å². The Hall–Kier alpha value is -2.09. The van der Waals surface area contributed by atoms with Gasteiger partial charge in [0.05, 0.1) is 11.5 Å². The number of anilines is 1. The van der Waals surface area contributed by atoms with Crippen molar-refractivity contribution in [2.75, 3.05) is 31.6 Å². The molecule has 1 N–H and O–H groups in total. The van der Waals surface area contributed by atoms with Gasteiger partial charge in [0.1, 0.15) is 16.8 Å².